The first-order valence-electron chi connectivity index (χ1n) is 5.94. The summed E-state index contributed by atoms with van der Waals surface area (Å²) in [6.45, 7) is 7.88. The number of phenolic OH excluding ortho intramolecular Hbond substituents is 1. The predicted octanol–water partition coefficient (Wildman–Crippen LogP) is 1.74. The maximum Gasteiger partial charge on any atom is 0.119 e. The Balaban J connectivity index is 2.60. The van der Waals surface area contributed by atoms with E-state index in [1.807, 2.05) is 12.1 Å². The van der Waals surface area contributed by atoms with Gasteiger partial charge in [0.2, 0.25) is 0 Å². The van der Waals surface area contributed by atoms with Crippen LogP contribution in [0.25, 0.3) is 0 Å². The van der Waals surface area contributed by atoms with Crippen molar-refractivity contribution in [3.63, 3.8) is 0 Å². The Bertz CT molecular complexity index is 322. The van der Waals surface area contributed by atoms with Crippen molar-refractivity contribution in [1.82, 2.24) is 4.90 Å². The van der Waals surface area contributed by atoms with Crippen LogP contribution in [0.5, 0.6) is 5.75 Å². The van der Waals surface area contributed by atoms with Crippen molar-refractivity contribution in [1.29, 1.82) is 0 Å². The van der Waals surface area contributed by atoms with Crippen LogP contribution in [0, 0.1) is 0 Å². The summed E-state index contributed by atoms with van der Waals surface area (Å²) < 4.78 is 0. The van der Waals surface area contributed by atoms with Gasteiger partial charge < -0.3 is 15.7 Å². The van der Waals surface area contributed by atoms with Crippen LogP contribution in [-0.2, 0) is 13.0 Å². The molecule has 0 spiro atoms. The molecular formula is C13H22N2O. The van der Waals surface area contributed by atoms with Crippen molar-refractivity contribution in [3.8, 4) is 5.75 Å². The van der Waals surface area contributed by atoms with E-state index >= 15 is 0 Å². The van der Waals surface area contributed by atoms with Crippen molar-refractivity contribution in [3.05, 3.63) is 29.3 Å². The smallest absolute Gasteiger partial charge is 0.119 e. The van der Waals surface area contributed by atoms with Gasteiger partial charge in [-0.2, -0.15) is 0 Å². The van der Waals surface area contributed by atoms with Gasteiger partial charge >= 0.3 is 0 Å². The van der Waals surface area contributed by atoms with E-state index in [1.54, 1.807) is 6.07 Å². The summed E-state index contributed by atoms with van der Waals surface area (Å²) in [5, 5.41) is 9.81. The summed E-state index contributed by atoms with van der Waals surface area (Å²) in [6, 6.07) is 5.72. The number of rotatable bonds is 6. The fourth-order valence-corrected chi connectivity index (χ4v) is 1.77. The van der Waals surface area contributed by atoms with E-state index in [9.17, 15) is 5.11 Å². The Morgan fingerprint density at radius 1 is 1.25 bits per heavy atom. The number of benzene rings is 1. The zero-order chi connectivity index (χ0) is 12.0. The second kappa shape index (κ2) is 6.51. The van der Waals surface area contributed by atoms with E-state index in [2.05, 4.69) is 18.7 Å². The molecule has 0 atom stereocenters. The van der Waals surface area contributed by atoms with Gasteiger partial charge in [-0.15, -0.1) is 0 Å². The van der Waals surface area contributed by atoms with Gasteiger partial charge in [0.1, 0.15) is 5.75 Å². The first kappa shape index (κ1) is 13.0. The van der Waals surface area contributed by atoms with E-state index in [0.29, 0.717) is 12.3 Å². The largest absolute Gasteiger partial charge is 0.508 e. The normalized spacial score (nSPS) is 11.0. The molecule has 0 aliphatic carbocycles. The molecule has 0 fully saturated rings. The summed E-state index contributed by atoms with van der Waals surface area (Å²) in [5.74, 6) is 0.370. The molecule has 16 heavy (non-hydrogen) atoms. The molecule has 0 heterocycles. The third-order valence-electron chi connectivity index (χ3n) is 2.98. The molecule has 0 aliphatic heterocycles. The average molecular weight is 222 g/mol. The molecule has 0 saturated heterocycles. The number of hydrogen-bond donors (Lipinski definition) is 2. The quantitative estimate of drug-likeness (QED) is 0.770. The zero-order valence-electron chi connectivity index (χ0n) is 10.2. The van der Waals surface area contributed by atoms with Crippen LogP contribution in [0.3, 0.4) is 0 Å². The highest BCUT2D eigenvalue weighted by atomic mass is 16.3. The van der Waals surface area contributed by atoms with Crippen LogP contribution in [0.1, 0.15) is 25.0 Å². The van der Waals surface area contributed by atoms with Gasteiger partial charge in [-0.05, 0) is 36.7 Å². The number of nitrogens with zero attached hydrogens (tertiary/aromatic N) is 1. The van der Waals surface area contributed by atoms with Crippen molar-refractivity contribution in [2.24, 2.45) is 5.73 Å². The number of nitrogens with two attached hydrogens (primary N) is 1. The minimum Gasteiger partial charge on any atom is -0.508 e. The van der Waals surface area contributed by atoms with Gasteiger partial charge in [0.15, 0.2) is 0 Å². The molecular weight excluding hydrogens is 200 g/mol. The van der Waals surface area contributed by atoms with E-state index < -0.39 is 0 Å². The van der Waals surface area contributed by atoms with Gasteiger partial charge in [-0.25, -0.2) is 0 Å². The Kier molecular flexibility index (Phi) is 5.29. The fourth-order valence-electron chi connectivity index (χ4n) is 1.77. The van der Waals surface area contributed by atoms with Crippen LogP contribution in [0.2, 0.25) is 0 Å². The summed E-state index contributed by atoms with van der Waals surface area (Å²) in [6.07, 6.45) is 0.887. The van der Waals surface area contributed by atoms with Crippen LogP contribution >= 0.6 is 0 Å². The molecule has 0 saturated carbocycles. The summed E-state index contributed by atoms with van der Waals surface area (Å²) in [4.78, 5) is 2.34. The lowest BCUT2D eigenvalue weighted by Gasteiger charge is -2.18. The van der Waals surface area contributed by atoms with Crippen molar-refractivity contribution in [2.75, 3.05) is 19.6 Å². The third kappa shape index (κ3) is 3.51. The second-order valence-electron chi connectivity index (χ2n) is 3.94. The van der Waals surface area contributed by atoms with E-state index in [1.165, 1.54) is 0 Å². The molecule has 0 radical (unpaired) electrons. The van der Waals surface area contributed by atoms with E-state index in [4.69, 9.17) is 5.73 Å². The molecule has 1 aromatic rings. The Morgan fingerprint density at radius 2 is 1.94 bits per heavy atom. The highest BCUT2D eigenvalue weighted by Gasteiger charge is 2.04. The molecule has 90 valence electrons. The van der Waals surface area contributed by atoms with Crippen molar-refractivity contribution >= 4 is 0 Å². The Hall–Kier alpha value is -1.06. The number of aromatic hydroxyl groups is 1. The van der Waals surface area contributed by atoms with Gasteiger partial charge in [0, 0.05) is 13.1 Å². The average Bonchev–Trinajstić information content (AvgIpc) is 2.32. The first-order chi connectivity index (χ1) is 7.71. The molecule has 3 N–H and O–H groups in total. The summed E-state index contributed by atoms with van der Waals surface area (Å²) in [7, 11) is 0. The van der Waals surface area contributed by atoms with Crippen LogP contribution in [-0.4, -0.2) is 29.6 Å². The lowest BCUT2D eigenvalue weighted by Crippen LogP contribution is -2.25. The molecule has 0 unspecified atom stereocenters. The SMILES string of the molecule is CCN(CC)CCc1ccc(CN)cc1O. The fraction of sp³-hybridized carbons (Fsp3) is 0.538. The molecule has 1 aromatic carbocycles. The number of hydrogen-bond acceptors (Lipinski definition) is 3. The lowest BCUT2D eigenvalue weighted by atomic mass is 10.1. The topological polar surface area (TPSA) is 49.5 Å². The van der Waals surface area contributed by atoms with Crippen LogP contribution in [0.4, 0.5) is 0 Å². The lowest BCUT2D eigenvalue weighted by molar-refractivity contribution is 0.306. The van der Waals surface area contributed by atoms with Crippen molar-refractivity contribution < 1.29 is 5.11 Å². The molecule has 1 rings (SSSR count). The number of phenols is 1. The molecule has 0 amide bonds. The molecule has 0 aromatic heterocycles. The minimum absolute atomic E-state index is 0.370. The maximum atomic E-state index is 9.81. The minimum atomic E-state index is 0.370. The molecule has 3 nitrogen and oxygen atoms in total. The maximum absolute atomic E-state index is 9.81. The number of likely N-dealkylation sites (N-methyl/N-ethyl adjacent to an activating group) is 1. The van der Waals surface area contributed by atoms with Crippen LogP contribution < -0.4 is 5.73 Å². The highest BCUT2D eigenvalue weighted by molar-refractivity contribution is 5.36. The van der Waals surface area contributed by atoms with E-state index in [-0.39, 0.29) is 0 Å². The monoisotopic (exact) mass is 222 g/mol. The van der Waals surface area contributed by atoms with Crippen LogP contribution in [0.15, 0.2) is 18.2 Å². The molecule has 3 heteroatoms. The van der Waals surface area contributed by atoms with Gasteiger partial charge in [0.25, 0.3) is 0 Å². The third-order valence-corrected chi connectivity index (χ3v) is 2.98. The summed E-state index contributed by atoms with van der Waals surface area (Å²) >= 11 is 0. The Labute approximate surface area is 97.9 Å². The molecule has 0 aliphatic rings. The predicted molar refractivity (Wildman–Crippen MR) is 67.5 cm³/mol. The van der Waals surface area contributed by atoms with Gasteiger partial charge in [0.05, 0.1) is 0 Å². The zero-order valence-corrected chi connectivity index (χ0v) is 10.2. The standard InChI is InChI=1S/C13H22N2O/c1-3-15(4-2)8-7-12-6-5-11(10-14)9-13(12)16/h5-6,9,16H,3-4,7-8,10,14H2,1-2H3. The summed E-state index contributed by atoms with van der Waals surface area (Å²) in [5.41, 5.74) is 7.49. The van der Waals surface area contributed by atoms with Gasteiger partial charge in [-0.3, -0.25) is 0 Å². The van der Waals surface area contributed by atoms with E-state index in [0.717, 1.165) is 37.2 Å². The highest BCUT2D eigenvalue weighted by Crippen LogP contribution is 2.19. The van der Waals surface area contributed by atoms with Crippen molar-refractivity contribution in [2.45, 2.75) is 26.8 Å². The van der Waals surface area contributed by atoms with Gasteiger partial charge in [-0.1, -0.05) is 26.0 Å². The molecule has 0 bridgehead atoms. The Morgan fingerprint density at radius 3 is 2.44 bits per heavy atom. The first-order valence-corrected chi connectivity index (χ1v) is 5.94. The second-order valence-corrected chi connectivity index (χ2v) is 3.94.